The molecule has 0 spiro atoms. The lowest BCUT2D eigenvalue weighted by Gasteiger charge is -2.36. The number of nitrogens with zero attached hydrogens (tertiary/aromatic N) is 2. The van der Waals surface area contributed by atoms with Crippen LogP contribution in [0.2, 0.25) is 0 Å². The molecule has 1 aliphatic heterocycles. The van der Waals surface area contributed by atoms with Crippen molar-refractivity contribution in [1.82, 2.24) is 4.90 Å². The first kappa shape index (κ1) is 21.8. The molecule has 32 heavy (non-hydrogen) atoms. The summed E-state index contributed by atoms with van der Waals surface area (Å²) in [6, 6.07) is 19.8. The van der Waals surface area contributed by atoms with Crippen LogP contribution in [0.25, 0.3) is 0 Å². The summed E-state index contributed by atoms with van der Waals surface area (Å²) >= 11 is 0. The zero-order valence-corrected chi connectivity index (χ0v) is 18.5. The third-order valence-electron chi connectivity index (χ3n) is 5.51. The van der Waals surface area contributed by atoms with Crippen molar-refractivity contribution in [3.05, 3.63) is 89.7 Å². The monoisotopic (exact) mass is 453 g/mol. The Balaban J connectivity index is 1.49. The SMILES string of the molecule is Cc1ccc(C(=O)N2CCN(c3ccccc3)CC2)cc1S(=O)(=O)Nc1ccc(F)cc1. The number of para-hydroxylation sites is 1. The fraction of sp³-hybridized carbons (Fsp3) is 0.208. The molecule has 0 bridgehead atoms. The lowest BCUT2D eigenvalue weighted by Crippen LogP contribution is -2.48. The molecule has 0 aliphatic carbocycles. The van der Waals surface area contributed by atoms with E-state index in [0.717, 1.165) is 5.69 Å². The minimum Gasteiger partial charge on any atom is -0.368 e. The van der Waals surface area contributed by atoms with Gasteiger partial charge in [0.25, 0.3) is 15.9 Å². The Labute approximate surface area is 187 Å². The molecular weight excluding hydrogens is 429 g/mol. The van der Waals surface area contributed by atoms with Gasteiger partial charge < -0.3 is 9.80 Å². The lowest BCUT2D eigenvalue weighted by molar-refractivity contribution is 0.0746. The van der Waals surface area contributed by atoms with E-state index in [1.54, 1.807) is 24.0 Å². The molecular formula is C24H24FN3O3S. The number of rotatable bonds is 5. The molecule has 8 heteroatoms. The number of halogens is 1. The number of carbonyl (C=O) groups excluding carboxylic acids is 1. The zero-order valence-electron chi connectivity index (χ0n) is 17.7. The van der Waals surface area contributed by atoms with Gasteiger partial charge >= 0.3 is 0 Å². The minimum absolute atomic E-state index is 0.0237. The molecule has 3 aromatic carbocycles. The van der Waals surface area contributed by atoms with Crippen molar-refractivity contribution in [2.75, 3.05) is 35.8 Å². The first-order valence-corrected chi connectivity index (χ1v) is 11.8. The molecule has 1 aliphatic rings. The Morgan fingerprint density at radius 2 is 1.56 bits per heavy atom. The number of aryl methyl sites for hydroxylation is 1. The number of anilines is 2. The summed E-state index contributed by atoms with van der Waals surface area (Å²) in [6.07, 6.45) is 0. The normalized spacial score (nSPS) is 14.3. The van der Waals surface area contributed by atoms with Crippen LogP contribution in [0, 0.1) is 12.7 Å². The molecule has 6 nitrogen and oxygen atoms in total. The third-order valence-corrected chi connectivity index (χ3v) is 7.03. The standard InChI is InChI=1S/C24H24FN3O3S/c1-18-7-8-19(17-23(18)32(30,31)26-21-11-9-20(25)10-12-21)24(29)28-15-13-27(14-16-28)22-5-3-2-4-6-22/h2-12,17,26H,13-16H2,1H3. The second-order valence-electron chi connectivity index (χ2n) is 7.71. The number of hydrogen-bond acceptors (Lipinski definition) is 4. The summed E-state index contributed by atoms with van der Waals surface area (Å²) in [6.45, 7) is 4.19. The van der Waals surface area contributed by atoms with Crippen molar-refractivity contribution in [2.24, 2.45) is 0 Å². The molecule has 4 rings (SSSR count). The van der Waals surface area contributed by atoms with Crippen molar-refractivity contribution in [3.63, 3.8) is 0 Å². The Kier molecular flexibility index (Phi) is 6.14. The number of hydrogen-bond donors (Lipinski definition) is 1. The van der Waals surface area contributed by atoms with Crippen LogP contribution in [0.5, 0.6) is 0 Å². The molecule has 1 saturated heterocycles. The Bertz CT molecular complexity index is 1210. The maximum Gasteiger partial charge on any atom is 0.262 e. The van der Waals surface area contributed by atoms with E-state index in [-0.39, 0.29) is 16.5 Å². The minimum atomic E-state index is -3.94. The number of carbonyl (C=O) groups is 1. The van der Waals surface area contributed by atoms with Crippen LogP contribution in [0.3, 0.4) is 0 Å². The van der Waals surface area contributed by atoms with Gasteiger partial charge in [-0.1, -0.05) is 24.3 Å². The van der Waals surface area contributed by atoms with Gasteiger partial charge in [0.15, 0.2) is 0 Å². The predicted octanol–water partition coefficient (Wildman–Crippen LogP) is 3.90. The Morgan fingerprint density at radius 1 is 0.906 bits per heavy atom. The lowest BCUT2D eigenvalue weighted by atomic mass is 10.1. The quantitative estimate of drug-likeness (QED) is 0.636. The number of piperazine rings is 1. The summed E-state index contributed by atoms with van der Waals surface area (Å²) < 4.78 is 41.4. The van der Waals surface area contributed by atoms with E-state index >= 15 is 0 Å². The van der Waals surface area contributed by atoms with Crippen molar-refractivity contribution >= 4 is 27.3 Å². The summed E-state index contributed by atoms with van der Waals surface area (Å²) in [5.41, 5.74) is 2.21. The van der Waals surface area contributed by atoms with E-state index in [1.807, 2.05) is 30.3 Å². The average Bonchev–Trinajstić information content (AvgIpc) is 2.81. The van der Waals surface area contributed by atoms with Gasteiger partial charge in [-0.3, -0.25) is 9.52 Å². The van der Waals surface area contributed by atoms with E-state index < -0.39 is 15.8 Å². The smallest absolute Gasteiger partial charge is 0.262 e. The summed E-state index contributed by atoms with van der Waals surface area (Å²) in [4.78, 5) is 17.1. The van der Waals surface area contributed by atoms with Crippen molar-refractivity contribution in [3.8, 4) is 0 Å². The predicted molar refractivity (Wildman–Crippen MR) is 123 cm³/mol. The van der Waals surface area contributed by atoms with Crippen LogP contribution < -0.4 is 9.62 Å². The first-order chi connectivity index (χ1) is 15.3. The second-order valence-corrected chi connectivity index (χ2v) is 9.36. The molecule has 0 saturated carbocycles. The van der Waals surface area contributed by atoms with E-state index in [0.29, 0.717) is 37.3 Å². The van der Waals surface area contributed by atoms with Gasteiger partial charge in [-0.05, 0) is 61.0 Å². The molecule has 3 aromatic rings. The second kappa shape index (κ2) is 9.00. The number of benzene rings is 3. The Morgan fingerprint density at radius 3 is 2.22 bits per heavy atom. The van der Waals surface area contributed by atoms with Crippen molar-refractivity contribution in [2.45, 2.75) is 11.8 Å². The van der Waals surface area contributed by atoms with Crippen LogP contribution in [-0.4, -0.2) is 45.4 Å². The molecule has 1 heterocycles. The maximum absolute atomic E-state index is 13.1. The third kappa shape index (κ3) is 4.75. The molecule has 0 unspecified atom stereocenters. The molecule has 1 amide bonds. The molecule has 166 valence electrons. The zero-order chi connectivity index (χ0) is 22.7. The van der Waals surface area contributed by atoms with Crippen LogP contribution in [0.4, 0.5) is 15.8 Å². The fourth-order valence-electron chi connectivity index (χ4n) is 3.74. The van der Waals surface area contributed by atoms with E-state index in [4.69, 9.17) is 0 Å². The molecule has 0 radical (unpaired) electrons. The van der Waals surface area contributed by atoms with Crippen molar-refractivity contribution < 1.29 is 17.6 Å². The van der Waals surface area contributed by atoms with E-state index in [2.05, 4.69) is 9.62 Å². The summed E-state index contributed by atoms with van der Waals surface area (Å²) in [7, 11) is -3.94. The van der Waals surface area contributed by atoms with Crippen LogP contribution >= 0.6 is 0 Å². The van der Waals surface area contributed by atoms with Gasteiger partial charge in [-0.15, -0.1) is 0 Å². The first-order valence-electron chi connectivity index (χ1n) is 10.3. The highest BCUT2D eigenvalue weighted by atomic mass is 32.2. The van der Waals surface area contributed by atoms with E-state index in [9.17, 15) is 17.6 Å². The van der Waals surface area contributed by atoms with Gasteiger partial charge in [0.1, 0.15) is 5.82 Å². The summed E-state index contributed by atoms with van der Waals surface area (Å²) in [5.74, 6) is -0.653. The molecule has 0 atom stereocenters. The number of amides is 1. The Hall–Kier alpha value is -3.39. The summed E-state index contributed by atoms with van der Waals surface area (Å²) in [5, 5.41) is 0. The highest BCUT2D eigenvalue weighted by molar-refractivity contribution is 7.92. The molecule has 0 aromatic heterocycles. The number of nitrogens with one attached hydrogen (secondary N) is 1. The van der Waals surface area contributed by atoms with Gasteiger partial charge in [0.05, 0.1) is 4.90 Å². The largest absolute Gasteiger partial charge is 0.368 e. The number of sulfonamides is 1. The maximum atomic E-state index is 13.1. The van der Waals surface area contributed by atoms with Crippen LogP contribution in [0.15, 0.2) is 77.7 Å². The van der Waals surface area contributed by atoms with Crippen LogP contribution in [-0.2, 0) is 10.0 Å². The molecule has 1 fully saturated rings. The van der Waals surface area contributed by atoms with Crippen molar-refractivity contribution in [1.29, 1.82) is 0 Å². The van der Waals surface area contributed by atoms with Gasteiger partial charge in [0, 0.05) is 43.1 Å². The fourth-order valence-corrected chi connectivity index (χ4v) is 5.07. The highest BCUT2D eigenvalue weighted by Crippen LogP contribution is 2.23. The average molecular weight is 454 g/mol. The van der Waals surface area contributed by atoms with Crippen LogP contribution in [0.1, 0.15) is 15.9 Å². The van der Waals surface area contributed by atoms with E-state index in [1.165, 1.54) is 30.3 Å². The van der Waals surface area contributed by atoms with Gasteiger partial charge in [0.2, 0.25) is 0 Å². The topological polar surface area (TPSA) is 69.7 Å². The van der Waals surface area contributed by atoms with Gasteiger partial charge in [-0.2, -0.15) is 0 Å². The van der Waals surface area contributed by atoms with Gasteiger partial charge in [-0.25, -0.2) is 12.8 Å². The highest BCUT2D eigenvalue weighted by Gasteiger charge is 2.25. The molecule has 1 N–H and O–H groups in total.